The third kappa shape index (κ3) is 5.73. The molecule has 7 nitrogen and oxygen atoms in total. The van der Waals surface area contributed by atoms with Crippen LogP contribution in [0, 0.1) is 0 Å². The largest absolute Gasteiger partial charge is 0.493 e. The zero-order chi connectivity index (χ0) is 20.6. The maximum absolute atomic E-state index is 12.5. The van der Waals surface area contributed by atoms with Gasteiger partial charge >= 0.3 is 0 Å². The Kier molecular flexibility index (Phi) is 7.52. The molecule has 0 N–H and O–H groups in total. The van der Waals surface area contributed by atoms with Crippen LogP contribution in [-0.2, 0) is 9.59 Å². The second kappa shape index (κ2) is 10.3. The fraction of sp³-hybridized carbons (Fsp3) is 0.545. The Labute approximate surface area is 172 Å². The van der Waals surface area contributed by atoms with Crippen LogP contribution in [0.1, 0.15) is 24.8 Å². The molecule has 7 heteroatoms. The summed E-state index contributed by atoms with van der Waals surface area (Å²) in [6.45, 7) is 4.98. The molecule has 1 aromatic rings. The topological polar surface area (TPSA) is 62.3 Å². The molecule has 0 saturated carbocycles. The van der Waals surface area contributed by atoms with Crippen LogP contribution in [-0.4, -0.2) is 86.5 Å². The number of hydrogen-bond acceptors (Lipinski definition) is 5. The highest BCUT2D eigenvalue weighted by atomic mass is 16.5. The number of amides is 2. The first kappa shape index (κ1) is 21.2. The van der Waals surface area contributed by atoms with Gasteiger partial charge in [0.05, 0.1) is 20.8 Å². The Hall–Kier alpha value is -2.54. The van der Waals surface area contributed by atoms with Crippen molar-refractivity contribution in [2.24, 2.45) is 0 Å². The molecule has 1 aromatic carbocycles. The molecule has 0 aliphatic carbocycles. The summed E-state index contributed by atoms with van der Waals surface area (Å²) in [5, 5.41) is 0. The lowest BCUT2D eigenvalue weighted by Crippen LogP contribution is -2.51. The lowest BCUT2D eigenvalue weighted by atomic mass is 10.1. The van der Waals surface area contributed by atoms with E-state index >= 15 is 0 Å². The molecule has 0 spiro atoms. The maximum Gasteiger partial charge on any atom is 0.246 e. The average Bonchev–Trinajstić information content (AvgIpc) is 2.78. The van der Waals surface area contributed by atoms with Gasteiger partial charge in [0.15, 0.2) is 11.5 Å². The van der Waals surface area contributed by atoms with Crippen LogP contribution in [0.15, 0.2) is 24.3 Å². The Morgan fingerprint density at radius 3 is 2.24 bits per heavy atom. The number of carbonyl (C=O) groups is 2. The lowest BCUT2D eigenvalue weighted by molar-refractivity contribution is -0.134. The van der Waals surface area contributed by atoms with Crippen LogP contribution < -0.4 is 9.47 Å². The predicted molar refractivity (Wildman–Crippen MR) is 112 cm³/mol. The standard InChI is InChI=1S/C22H31N3O4/c1-28-19-8-6-18(16-20(19)29-2)7-9-21(26)25-14-12-23(13-15-25)17-22(27)24-10-4-3-5-11-24/h6-9,16H,3-5,10-15,17H2,1-2H3/b9-7+. The Bertz CT molecular complexity index is 736. The Morgan fingerprint density at radius 2 is 1.59 bits per heavy atom. The van der Waals surface area contributed by atoms with Crippen LogP contribution >= 0.6 is 0 Å². The number of ether oxygens (including phenoxy) is 2. The van der Waals surface area contributed by atoms with E-state index in [1.807, 2.05) is 28.0 Å². The summed E-state index contributed by atoms with van der Waals surface area (Å²) >= 11 is 0. The highest BCUT2D eigenvalue weighted by Crippen LogP contribution is 2.28. The molecule has 0 unspecified atom stereocenters. The van der Waals surface area contributed by atoms with E-state index in [9.17, 15) is 9.59 Å². The van der Waals surface area contributed by atoms with Crippen molar-refractivity contribution in [1.29, 1.82) is 0 Å². The number of piperidine rings is 1. The van der Waals surface area contributed by atoms with E-state index in [-0.39, 0.29) is 11.8 Å². The van der Waals surface area contributed by atoms with Crippen LogP contribution in [0.5, 0.6) is 11.5 Å². The van der Waals surface area contributed by atoms with Crippen LogP contribution in [0.4, 0.5) is 0 Å². The monoisotopic (exact) mass is 401 g/mol. The highest BCUT2D eigenvalue weighted by molar-refractivity contribution is 5.92. The van der Waals surface area contributed by atoms with Crippen LogP contribution in [0.2, 0.25) is 0 Å². The van der Waals surface area contributed by atoms with E-state index < -0.39 is 0 Å². The molecule has 2 saturated heterocycles. The van der Waals surface area contributed by atoms with Gasteiger partial charge in [-0.25, -0.2) is 0 Å². The molecule has 0 radical (unpaired) electrons. The first-order valence-electron chi connectivity index (χ1n) is 10.3. The van der Waals surface area contributed by atoms with Crippen molar-refractivity contribution in [3.63, 3.8) is 0 Å². The molecule has 158 valence electrons. The number of piperazine rings is 1. The Balaban J connectivity index is 1.47. The van der Waals surface area contributed by atoms with Gasteiger partial charge in [0.2, 0.25) is 11.8 Å². The zero-order valence-electron chi connectivity index (χ0n) is 17.4. The minimum absolute atomic E-state index is 0.0122. The number of methoxy groups -OCH3 is 2. The quantitative estimate of drug-likeness (QED) is 0.681. The fourth-order valence-corrected chi connectivity index (χ4v) is 3.79. The van der Waals surface area contributed by atoms with E-state index in [4.69, 9.17) is 9.47 Å². The molecule has 0 aromatic heterocycles. The van der Waals surface area contributed by atoms with Gasteiger partial charge in [0.25, 0.3) is 0 Å². The van der Waals surface area contributed by atoms with Crippen molar-refractivity contribution in [3.05, 3.63) is 29.8 Å². The minimum atomic E-state index is -0.0122. The van der Waals surface area contributed by atoms with E-state index in [0.717, 1.165) is 44.6 Å². The molecule has 2 amide bonds. The van der Waals surface area contributed by atoms with Gasteiger partial charge in [0.1, 0.15) is 0 Å². The smallest absolute Gasteiger partial charge is 0.246 e. The van der Waals surface area contributed by atoms with Crippen molar-refractivity contribution < 1.29 is 19.1 Å². The number of carbonyl (C=O) groups excluding carboxylic acids is 2. The van der Waals surface area contributed by atoms with Crippen LogP contribution in [0.3, 0.4) is 0 Å². The maximum atomic E-state index is 12.5. The molecule has 2 aliphatic heterocycles. The summed E-state index contributed by atoms with van der Waals surface area (Å²) in [6, 6.07) is 5.54. The molecule has 2 fully saturated rings. The zero-order valence-corrected chi connectivity index (χ0v) is 17.4. The SMILES string of the molecule is COc1ccc(/C=C/C(=O)N2CCN(CC(=O)N3CCCCC3)CC2)cc1OC. The molecule has 29 heavy (non-hydrogen) atoms. The number of hydrogen-bond donors (Lipinski definition) is 0. The van der Waals surface area contributed by atoms with E-state index in [0.29, 0.717) is 31.1 Å². The minimum Gasteiger partial charge on any atom is -0.493 e. The van der Waals surface area contributed by atoms with Gasteiger partial charge in [-0.3, -0.25) is 14.5 Å². The highest BCUT2D eigenvalue weighted by Gasteiger charge is 2.24. The second-order valence-corrected chi connectivity index (χ2v) is 7.49. The van der Waals surface area contributed by atoms with Crippen LogP contribution in [0.25, 0.3) is 6.08 Å². The van der Waals surface area contributed by atoms with Crippen molar-refractivity contribution in [2.75, 3.05) is 60.0 Å². The Morgan fingerprint density at radius 1 is 0.897 bits per heavy atom. The number of benzene rings is 1. The average molecular weight is 402 g/mol. The molecule has 2 aliphatic rings. The first-order valence-corrected chi connectivity index (χ1v) is 10.3. The number of rotatable bonds is 6. The summed E-state index contributed by atoms with van der Waals surface area (Å²) in [6.07, 6.45) is 6.83. The van der Waals surface area contributed by atoms with E-state index in [1.54, 1.807) is 26.4 Å². The number of likely N-dealkylation sites (tertiary alicyclic amines) is 1. The van der Waals surface area contributed by atoms with Gasteiger partial charge in [0, 0.05) is 45.3 Å². The summed E-state index contributed by atoms with van der Waals surface area (Å²) in [7, 11) is 3.18. The third-order valence-electron chi connectivity index (χ3n) is 5.58. The normalized spacial score (nSPS) is 18.1. The summed E-state index contributed by atoms with van der Waals surface area (Å²) in [5.41, 5.74) is 0.877. The first-order chi connectivity index (χ1) is 14.1. The summed E-state index contributed by atoms with van der Waals surface area (Å²) < 4.78 is 10.5. The van der Waals surface area contributed by atoms with Crippen molar-refractivity contribution >= 4 is 17.9 Å². The van der Waals surface area contributed by atoms with Gasteiger partial charge in [-0.2, -0.15) is 0 Å². The van der Waals surface area contributed by atoms with Gasteiger partial charge in [-0.15, -0.1) is 0 Å². The summed E-state index contributed by atoms with van der Waals surface area (Å²) in [5.74, 6) is 1.50. The van der Waals surface area contributed by atoms with Crippen molar-refractivity contribution in [1.82, 2.24) is 14.7 Å². The van der Waals surface area contributed by atoms with Gasteiger partial charge < -0.3 is 19.3 Å². The van der Waals surface area contributed by atoms with Crippen molar-refractivity contribution in [2.45, 2.75) is 19.3 Å². The van der Waals surface area contributed by atoms with E-state index in [2.05, 4.69) is 4.90 Å². The molecular weight excluding hydrogens is 370 g/mol. The molecule has 3 rings (SSSR count). The molecular formula is C22H31N3O4. The van der Waals surface area contributed by atoms with Crippen molar-refractivity contribution in [3.8, 4) is 11.5 Å². The van der Waals surface area contributed by atoms with Gasteiger partial charge in [-0.1, -0.05) is 6.07 Å². The number of nitrogens with zero attached hydrogens (tertiary/aromatic N) is 3. The molecule has 2 heterocycles. The molecule has 0 bridgehead atoms. The summed E-state index contributed by atoms with van der Waals surface area (Å²) in [4.78, 5) is 30.9. The van der Waals surface area contributed by atoms with E-state index in [1.165, 1.54) is 6.42 Å². The lowest BCUT2D eigenvalue weighted by Gasteiger charge is -2.35. The fourth-order valence-electron chi connectivity index (χ4n) is 3.79. The third-order valence-corrected chi connectivity index (χ3v) is 5.58. The molecule has 0 atom stereocenters. The second-order valence-electron chi connectivity index (χ2n) is 7.49. The predicted octanol–water partition coefficient (Wildman–Crippen LogP) is 1.87. The van der Waals surface area contributed by atoms with Gasteiger partial charge in [-0.05, 0) is 43.0 Å².